The molecule has 0 N–H and O–H groups in total. The third-order valence-corrected chi connectivity index (χ3v) is 3.13. The van der Waals surface area contributed by atoms with Gasteiger partial charge in [0, 0.05) is 11.6 Å². The molecule has 0 unspecified atom stereocenters. The fraction of sp³-hybridized carbons (Fsp3) is 0.200. The van der Waals surface area contributed by atoms with Crippen molar-refractivity contribution in [1.82, 2.24) is 0 Å². The first kappa shape index (κ1) is 15.1. The molecule has 2 aromatic rings. The van der Waals surface area contributed by atoms with Crippen molar-refractivity contribution >= 4 is 17.6 Å². The number of carbonyl (C=O) groups is 1. The zero-order chi connectivity index (χ0) is 15.4. The maximum Gasteiger partial charge on any atom is 0.338 e. The fourth-order valence-corrected chi connectivity index (χ4v) is 1.95. The smallest absolute Gasteiger partial charge is 0.338 e. The number of nitrogens with zero attached hydrogens (tertiary/aromatic N) is 1. The highest BCUT2D eigenvalue weighted by Gasteiger charge is 2.14. The predicted octanol–water partition coefficient (Wildman–Crippen LogP) is 3.25. The van der Waals surface area contributed by atoms with Gasteiger partial charge >= 0.3 is 5.97 Å². The summed E-state index contributed by atoms with van der Waals surface area (Å²) in [5.74, 6) is 0.514. The second kappa shape index (κ2) is 6.45. The van der Waals surface area contributed by atoms with Crippen LogP contribution >= 0.6 is 11.6 Å². The molecule has 1 aromatic heterocycles. The number of carbonyl (C=O) groups excluding carboxylic acids is 1. The fourth-order valence-electron chi connectivity index (χ4n) is 1.79. The summed E-state index contributed by atoms with van der Waals surface area (Å²) in [6.45, 7) is 3.82. The first-order chi connectivity index (χ1) is 10.0. The Hall–Kier alpha value is -2.27. The number of hydrogen-bond acceptors (Lipinski definition) is 4. The Morgan fingerprint density at radius 3 is 2.81 bits per heavy atom. The lowest BCUT2D eigenvalue weighted by atomic mass is 10.1. The molecule has 0 amide bonds. The summed E-state index contributed by atoms with van der Waals surface area (Å²) in [5, 5.41) is 11.2. The lowest BCUT2D eigenvalue weighted by Crippen LogP contribution is -2.26. The minimum atomic E-state index is -0.399. The molecule has 0 saturated carbocycles. The molecule has 1 heterocycles. The highest BCUT2D eigenvalue weighted by Crippen LogP contribution is 2.28. The number of esters is 1. The van der Waals surface area contributed by atoms with Crippen LogP contribution in [0.2, 0.25) is 5.15 Å². The lowest BCUT2D eigenvalue weighted by molar-refractivity contribution is -0.603. The highest BCUT2D eigenvalue weighted by atomic mass is 35.5. The number of aromatic nitrogens is 1. The molecule has 0 saturated heterocycles. The molecule has 0 atom stereocenters. The van der Waals surface area contributed by atoms with Crippen LogP contribution in [0.1, 0.15) is 22.8 Å². The quantitative estimate of drug-likeness (QED) is 0.376. The van der Waals surface area contributed by atoms with Crippen molar-refractivity contribution < 1.29 is 19.0 Å². The van der Waals surface area contributed by atoms with Crippen LogP contribution in [0.5, 0.6) is 11.5 Å². The van der Waals surface area contributed by atoms with E-state index in [4.69, 9.17) is 21.1 Å². The summed E-state index contributed by atoms with van der Waals surface area (Å²) >= 11 is 5.74. The zero-order valence-electron chi connectivity index (χ0n) is 11.6. The highest BCUT2D eigenvalue weighted by molar-refractivity contribution is 6.28. The summed E-state index contributed by atoms with van der Waals surface area (Å²) in [6.07, 6.45) is 1.25. The molecule has 0 bridgehead atoms. The lowest BCUT2D eigenvalue weighted by Gasteiger charge is -2.11. The molecule has 0 aliphatic rings. The largest absolute Gasteiger partial charge is 0.618 e. The molecule has 0 radical (unpaired) electrons. The molecule has 1 aromatic carbocycles. The summed E-state index contributed by atoms with van der Waals surface area (Å²) < 4.78 is 11.2. The standard InChI is InChI=1S/C15H14ClNO4/c1-3-20-15(18)12-5-4-6-13(10(12)2)21-11-7-8-17(19)14(16)9-11/h4-9H,3H2,1-2H3. The van der Waals surface area contributed by atoms with E-state index >= 15 is 0 Å². The van der Waals surface area contributed by atoms with Crippen LogP contribution in [0.25, 0.3) is 0 Å². The molecule has 0 spiro atoms. The van der Waals surface area contributed by atoms with Crippen LogP contribution in [0.15, 0.2) is 36.5 Å². The monoisotopic (exact) mass is 307 g/mol. The average molecular weight is 308 g/mol. The topological polar surface area (TPSA) is 62.5 Å². The molecule has 2 rings (SSSR count). The molecule has 5 nitrogen and oxygen atoms in total. The van der Waals surface area contributed by atoms with E-state index in [1.54, 1.807) is 32.0 Å². The van der Waals surface area contributed by atoms with E-state index in [-0.39, 0.29) is 5.15 Å². The van der Waals surface area contributed by atoms with Crippen LogP contribution in [-0.4, -0.2) is 12.6 Å². The van der Waals surface area contributed by atoms with Gasteiger partial charge in [-0.25, -0.2) is 4.79 Å². The molecule has 21 heavy (non-hydrogen) atoms. The van der Waals surface area contributed by atoms with Crippen molar-refractivity contribution in [3.05, 3.63) is 58.0 Å². The van der Waals surface area contributed by atoms with Crippen molar-refractivity contribution in [3.63, 3.8) is 0 Å². The van der Waals surface area contributed by atoms with Gasteiger partial charge in [-0.3, -0.25) is 0 Å². The van der Waals surface area contributed by atoms with E-state index in [1.807, 2.05) is 0 Å². The average Bonchev–Trinajstić information content (AvgIpc) is 2.45. The second-order valence-corrected chi connectivity index (χ2v) is 4.65. The number of pyridine rings is 1. The molecule has 0 aliphatic heterocycles. The van der Waals surface area contributed by atoms with E-state index in [2.05, 4.69) is 0 Å². The minimum Gasteiger partial charge on any atom is -0.618 e. The van der Waals surface area contributed by atoms with E-state index in [0.29, 0.717) is 34.0 Å². The van der Waals surface area contributed by atoms with Gasteiger partial charge in [-0.05, 0) is 37.6 Å². The third kappa shape index (κ3) is 3.44. The van der Waals surface area contributed by atoms with Gasteiger partial charge in [0.2, 0.25) is 0 Å². The van der Waals surface area contributed by atoms with Crippen LogP contribution in [0.4, 0.5) is 0 Å². The van der Waals surface area contributed by atoms with Crippen LogP contribution in [0.3, 0.4) is 0 Å². The van der Waals surface area contributed by atoms with Crippen LogP contribution in [-0.2, 0) is 4.74 Å². The van der Waals surface area contributed by atoms with Crippen molar-refractivity contribution in [2.75, 3.05) is 6.61 Å². The molecule has 110 valence electrons. The summed E-state index contributed by atoms with van der Waals surface area (Å²) in [6, 6.07) is 8.00. The van der Waals surface area contributed by atoms with Gasteiger partial charge in [0.15, 0.2) is 6.20 Å². The number of ether oxygens (including phenoxy) is 2. The van der Waals surface area contributed by atoms with Crippen LogP contribution in [0, 0.1) is 12.1 Å². The van der Waals surface area contributed by atoms with E-state index in [1.165, 1.54) is 18.3 Å². The Morgan fingerprint density at radius 2 is 2.14 bits per heavy atom. The molecule has 6 heteroatoms. The Morgan fingerprint density at radius 1 is 1.38 bits per heavy atom. The summed E-state index contributed by atoms with van der Waals surface area (Å²) in [4.78, 5) is 11.8. The van der Waals surface area contributed by atoms with Gasteiger partial charge in [-0.2, -0.15) is 4.73 Å². The minimum absolute atomic E-state index is 0.00620. The molecular formula is C15H14ClNO4. The summed E-state index contributed by atoms with van der Waals surface area (Å²) in [7, 11) is 0. The van der Waals surface area contributed by atoms with Crippen molar-refractivity contribution in [1.29, 1.82) is 0 Å². The van der Waals surface area contributed by atoms with Crippen molar-refractivity contribution in [2.24, 2.45) is 0 Å². The molecule has 0 aliphatic carbocycles. The van der Waals surface area contributed by atoms with Gasteiger partial charge in [0.1, 0.15) is 11.5 Å². The Labute approximate surface area is 127 Å². The SMILES string of the molecule is CCOC(=O)c1cccc(Oc2cc[n+]([O-])c(Cl)c2)c1C. The Bertz CT molecular complexity index is 673. The van der Waals surface area contributed by atoms with E-state index < -0.39 is 5.97 Å². The number of hydrogen-bond donors (Lipinski definition) is 0. The summed E-state index contributed by atoms with van der Waals surface area (Å²) in [5.41, 5.74) is 1.10. The first-order valence-electron chi connectivity index (χ1n) is 6.36. The second-order valence-electron chi connectivity index (χ2n) is 4.26. The van der Waals surface area contributed by atoms with E-state index in [9.17, 15) is 10.0 Å². The first-order valence-corrected chi connectivity index (χ1v) is 6.74. The predicted molar refractivity (Wildman–Crippen MR) is 77.6 cm³/mol. The van der Waals surface area contributed by atoms with E-state index in [0.717, 1.165) is 0 Å². The number of halogens is 1. The Balaban J connectivity index is 2.30. The zero-order valence-corrected chi connectivity index (χ0v) is 12.4. The maximum atomic E-state index is 11.8. The van der Waals surface area contributed by atoms with Gasteiger partial charge in [0.05, 0.1) is 18.2 Å². The van der Waals surface area contributed by atoms with Gasteiger partial charge in [-0.1, -0.05) is 6.07 Å². The molecular weight excluding hydrogens is 294 g/mol. The van der Waals surface area contributed by atoms with Crippen molar-refractivity contribution in [3.8, 4) is 11.5 Å². The van der Waals surface area contributed by atoms with Crippen molar-refractivity contribution in [2.45, 2.75) is 13.8 Å². The van der Waals surface area contributed by atoms with Crippen LogP contribution < -0.4 is 9.47 Å². The van der Waals surface area contributed by atoms with Gasteiger partial charge in [-0.15, -0.1) is 0 Å². The number of rotatable bonds is 4. The Kier molecular flexibility index (Phi) is 4.65. The number of benzene rings is 1. The third-order valence-electron chi connectivity index (χ3n) is 2.85. The van der Waals surface area contributed by atoms with Gasteiger partial charge in [0.25, 0.3) is 5.15 Å². The maximum absolute atomic E-state index is 11.8. The normalized spacial score (nSPS) is 10.2. The van der Waals surface area contributed by atoms with Gasteiger partial charge < -0.3 is 14.7 Å². The molecule has 0 fully saturated rings.